The monoisotopic (exact) mass is 268 g/mol. The van der Waals surface area contributed by atoms with Gasteiger partial charge in [-0.25, -0.2) is 4.79 Å². The zero-order valence-electron chi connectivity index (χ0n) is 11.6. The fourth-order valence-electron chi connectivity index (χ4n) is 2.76. The summed E-state index contributed by atoms with van der Waals surface area (Å²) in [6.45, 7) is 3.72. The first-order valence-corrected chi connectivity index (χ1v) is 7.38. The lowest BCUT2D eigenvalue weighted by Gasteiger charge is -2.24. The van der Waals surface area contributed by atoms with Crippen LogP contribution in [0.15, 0.2) is 0 Å². The Labute approximate surface area is 114 Å². The zero-order chi connectivity index (χ0) is 13.8. The van der Waals surface area contributed by atoms with Crippen LogP contribution in [-0.2, 0) is 4.79 Å². The van der Waals surface area contributed by atoms with E-state index in [2.05, 4.69) is 12.2 Å². The Morgan fingerprint density at radius 1 is 1.26 bits per heavy atom. The fraction of sp³-hybridized carbons (Fsp3) is 0.857. The van der Waals surface area contributed by atoms with Gasteiger partial charge in [0.25, 0.3) is 0 Å². The van der Waals surface area contributed by atoms with Crippen molar-refractivity contribution in [2.45, 2.75) is 51.5 Å². The van der Waals surface area contributed by atoms with E-state index in [0.29, 0.717) is 18.8 Å². The maximum absolute atomic E-state index is 12.2. The van der Waals surface area contributed by atoms with Crippen molar-refractivity contribution in [2.75, 3.05) is 13.1 Å². The molecule has 2 amide bonds. The summed E-state index contributed by atoms with van der Waals surface area (Å²) in [4.78, 5) is 25.0. The second kappa shape index (κ2) is 6.26. The van der Waals surface area contributed by atoms with Gasteiger partial charge in [-0.15, -0.1) is 0 Å². The molecule has 0 saturated heterocycles. The van der Waals surface area contributed by atoms with Crippen LogP contribution in [0.4, 0.5) is 4.79 Å². The van der Waals surface area contributed by atoms with Gasteiger partial charge in [-0.05, 0) is 44.4 Å². The molecule has 2 fully saturated rings. The minimum absolute atomic E-state index is 0.00945. The van der Waals surface area contributed by atoms with Crippen LogP contribution in [0.3, 0.4) is 0 Å². The van der Waals surface area contributed by atoms with Gasteiger partial charge in [-0.2, -0.15) is 0 Å². The summed E-state index contributed by atoms with van der Waals surface area (Å²) in [5.74, 6) is -0.332. The van der Waals surface area contributed by atoms with Gasteiger partial charge < -0.3 is 15.3 Å². The largest absolute Gasteiger partial charge is 0.481 e. The number of carboxylic acids is 1. The van der Waals surface area contributed by atoms with Crippen molar-refractivity contribution in [3.05, 3.63) is 0 Å². The van der Waals surface area contributed by atoms with Crippen LogP contribution in [-0.4, -0.2) is 41.1 Å². The zero-order valence-corrected chi connectivity index (χ0v) is 11.6. The molecular formula is C14H24N2O3. The number of hydrogen-bond acceptors (Lipinski definition) is 2. The lowest BCUT2D eigenvalue weighted by atomic mass is 10.1. The van der Waals surface area contributed by atoms with Crippen molar-refractivity contribution in [3.63, 3.8) is 0 Å². The summed E-state index contributed by atoms with van der Waals surface area (Å²) >= 11 is 0. The standard InChI is InChI=1S/C14H24N2O3/c1-2-7-16(9-10-3-4-10)14(19)15-12-6-5-11(8-12)13(17)18/h10-12H,2-9H2,1H3,(H,15,19)(H,17,18)/t11-,12+/m1/s1. The number of aliphatic carboxylic acids is 1. The van der Waals surface area contributed by atoms with Crippen molar-refractivity contribution in [3.8, 4) is 0 Å². The summed E-state index contributed by atoms with van der Waals surface area (Å²) in [6.07, 6.45) is 5.46. The van der Waals surface area contributed by atoms with Crippen molar-refractivity contribution in [2.24, 2.45) is 11.8 Å². The molecule has 0 aromatic rings. The second-order valence-corrected chi connectivity index (χ2v) is 5.88. The van der Waals surface area contributed by atoms with Crippen molar-refractivity contribution < 1.29 is 14.7 Å². The van der Waals surface area contributed by atoms with E-state index >= 15 is 0 Å². The highest BCUT2D eigenvalue weighted by Gasteiger charge is 2.32. The Hall–Kier alpha value is -1.26. The number of carbonyl (C=O) groups is 2. The van der Waals surface area contributed by atoms with E-state index in [-0.39, 0.29) is 18.0 Å². The van der Waals surface area contributed by atoms with Crippen molar-refractivity contribution in [1.29, 1.82) is 0 Å². The van der Waals surface area contributed by atoms with Crippen LogP contribution in [0.5, 0.6) is 0 Å². The first kappa shape index (κ1) is 14.2. The molecule has 2 rings (SSSR count). The highest BCUT2D eigenvalue weighted by Crippen LogP contribution is 2.30. The number of carbonyl (C=O) groups excluding carboxylic acids is 1. The third kappa shape index (κ3) is 4.11. The molecule has 5 nitrogen and oxygen atoms in total. The summed E-state index contributed by atoms with van der Waals surface area (Å²) in [5.41, 5.74) is 0. The fourth-order valence-corrected chi connectivity index (χ4v) is 2.76. The van der Waals surface area contributed by atoms with Crippen LogP contribution in [0.25, 0.3) is 0 Å². The Morgan fingerprint density at radius 3 is 2.53 bits per heavy atom. The number of nitrogens with zero attached hydrogens (tertiary/aromatic N) is 1. The summed E-state index contributed by atoms with van der Waals surface area (Å²) in [6, 6.07) is 0.0250. The lowest BCUT2D eigenvalue weighted by molar-refractivity contribution is -0.141. The van der Waals surface area contributed by atoms with Crippen molar-refractivity contribution in [1.82, 2.24) is 10.2 Å². The molecule has 0 aliphatic heterocycles. The Balaban J connectivity index is 1.79. The van der Waals surface area contributed by atoms with E-state index in [4.69, 9.17) is 5.11 Å². The maximum atomic E-state index is 12.2. The first-order chi connectivity index (χ1) is 9.10. The average Bonchev–Trinajstić information content (AvgIpc) is 3.05. The first-order valence-electron chi connectivity index (χ1n) is 7.38. The van der Waals surface area contributed by atoms with Gasteiger partial charge in [-0.1, -0.05) is 6.92 Å². The SMILES string of the molecule is CCCN(CC1CC1)C(=O)N[C@H]1CC[C@@H](C(=O)O)C1. The van der Waals surface area contributed by atoms with Gasteiger partial charge in [0.05, 0.1) is 5.92 Å². The Morgan fingerprint density at radius 2 is 2.00 bits per heavy atom. The molecule has 2 atom stereocenters. The number of nitrogens with one attached hydrogen (secondary N) is 1. The van der Waals surface area contributed by atoms with E-state index in [1.807, 2.05) is 4.90 Å². The van der Waals surface area contributed by atoms with Crippen LogP contribution in [0, 0.1) is 11.8 Å². The Bertz CT molecular complexity index is 342. The molecule has 19 heavy (non-hydrogen) atoms. The van der Waals surface area contributed by atoms with Crippen LogP contribution in [0.1, 0.15) is 45.4 Å². The van der Waals surface area contributed by atoms with Crippen LogP contribution >= 0.6 is 0 Å². The number of carboxylic acid groups (broad SMARTS) is 1. The molecule has 2 aliphatic carbocycles. The van der Waals surface area contributed by atoms with Crippen LogP contribution < -0.4 is 5.32 Å². The van der Waals surface area contributed by atoms with E-state index < -0.39 is 5.97 Å². The molecule has 2 saturated carbocycles. The molecule has 0 heterocycles. The molecule has 2 aliphatic rings. The molecular weight excluding hydrogens is 244 g/mol. The second-order valence-electron chi connectivity index (χ2n) is 5.88. The highest BCUT2D eigenvalue weighted by molar-refractivity contribution is 5.75. The van der Waals surface area contributed by atoms with E-state index in [0.717, 1.165) is 25.9 Å². The molecule has 0 aromatic heterocycles. The summed E-state index contributed by atoms with van der Waals surface area (Å²) in [7, 11) is 0. The molecule has 2 N–H and O–H groups in total. The van der Waals surface area contributed by atoms with Gasteiger partial charge in [0, 0.05) is 19.1 Å². The highest BCUT2D eigenvalue weighted by atomic mass is 16.4. The number of hydrogen-bond donors (Lipinski definition) is 2. The number of rotatable bonds is 6. The molecule has 0 unspecified atom stereocenters. The minimum atomic E-state index is -0.736. The van der Waals surface area contributed by atoms with Gasteiger partial charge in [0.15, 0.2) is 0 Å². The number of urea groups is 1. The topological polar surface area (TPSA) is 69.6 Å². The normalized spacial score (nSPS) is 26.2. The van der Waals surface area contributed by atoms with Gasteiger partial charge >= 0.3 is 12.0 Å². The minimum Gasteiger partial charge on any atom is -0.481 e. The third-order valence-corrected chi connectivity index (χ3v) is 4.07. The van der Waals surface area contributed by atoms with Gasteiger partial charge in [-0.3, -0.25) is 4.79 Å². The van der Waals surface area contributed by atoms with E-state index in [9.17, 15) is 9.59 Å². The van der Waals surface area contributed by atoms with Crippen LogP contribution in [0.2, 0.25) is 0 Å². The average molecular weight is 268 g/mol. The predicted octanol–water partition coefficient (Wildman–Crippen LogP) is 2.07. The molecule has 0 bridgehead atoms. The number of amides is 2. The van der Waals surface area contributed by atoms with Crippen molar-refractivity contribution >= 4 is 12.0 Å². The van der Waals surface area contributed by atoms with E-state index in [1.54, 1.807) is 0 Å². The molecule has 0 spiro atoms. The predicted molar refractivity (Wildman–Crippen MR) is 71.9 cm³/mol. The summed E-state index contributed by atoms with van der Waals surface area (Å²) in [5, 5.41) is 12.0. The molecule has 0 radical (unpaired) electrons. The maximum Gasteiger partial charge on any atom is 0.317 e. The Kier molecular flexibility index (Phi) is 4.66. The van der Waals surface area contributed by atoms with Gasteiger partial charge in [0.1, 0.15) is 0 Å². The summed E-state index contributed by atoms with van der Waals surface area (Å²) < 4.78 is 0. The lowest BCUT2D eigenvalue weighted by Crippen LogP contribution is -2.45. The molecule has 0 aromatic carbocycles. The van der Waals surface area contributed by atoms with Gasteiger partial charge in [0.2, 0.25) is 0 Å². The third-order valence-electron chi connectivity index (χ3n) is 4.07. The van der Waals surface area contributed by atoms with E-state index in [1.165, 1.54) is 12.8 Å². The molecule has 108 valence electrons. The molecule has 5 heteroatoms. The smallest absolute Gasteiger partial charge is 0.317 e. The quantitative estimate of drug-likeness (QED) is 0.774.